The van der Waals surface area contributed by atoms with Crippen LogP contribution in [0.3, 0.4) is 0 Å². The Kier molecular flexibility index (Phi) is 3.59. The molecule has 1 fully saturated rings. The van der Waals surface area contributed by atoms with Gasteiger partial charge in [-0.05, 0) is 44.8 Å². The van der Waals surface area contributed by atoms with Crippen LogP contribution in [0.15, 0.2) is 18.2 Å². The predicted octanol–water partition coefficient (Wildman–Crippen LogP) is 0.934. The molecule has 0 atom stereocenters. The van der Waals surface area contributed by atoms with Crippen LogP contribution < -0.4 is 5.46 Å². The molecule has 118 valence electrons. The van der Waals surface area contributed by atoms with E-state index < -0.39 is 18.3 Å². The molecule has 0 aromatic heterocycles. The van der Waals surface area contributed by atoms with E-state index in [-0.39, 0.29) is 12.5 Å². The Bertz CT molecular complexity index is 598. The molecule has 1 aromatic carbocycles. The van der Waals surface area contributed by atoms with Gasteiger partial charge in [0.15, 0.2) is 0 Å². The molecule has 0 aliphatic carbocycles. The Hall–Kier alpha value is -1.37. The number of hydrogen-bond acceptors (Lipinski definition) is 4. The lowest BCUT2D eigenvalue weighted by molar-refractivity contribution is 0.00578. The van der Waals surface area contributed by atoms with Crippen LogP contribution >= 0.6 is 0 Å². The summed E-state index contributed by atoms with van der Waals surface area (Å²) in [6.45, 7) is 8.92. The van der Waals surface area contributed by atoms with Crippen molar-refractivity contribution in [3.05, 3.63) is 29.3 Å². The van der Waals surface area contributed by atoms with Crippen LogP contribution in [0.5, 0.6) is 0 Å². The molecule has 1 saturated heterocycles. The molecule has 0 radical (unpaired) electrons. The van der Waals surface area contributed by atoms with Crippen molar-refractivity contribution in [1.82, 2.24) is 4.90 Å². The average Bonchev–Trinajstić information content (AvgIpc) is 2.85. The fourth-order valence-corrected chi connectivity index (χ4v) is 2.81. The summed E-state index contributed by atoms with van der Waals surface area (Å²) in [5.41, 5.74) is 1.73. The van der Waals surface area contributed by atoms with Crippen LogP contribution in [0.2, 0.25) is 0 Å². The normalized spacial score (nSPS) is 22.3. The molecule has 1 aromatic rings. The highest BCUT2D eigenvalue weighted by molar-refractivity contribution is 6.62. The highest BCUT2D eigenvalue weighted by atomic mass is 16.7. The number of aliphatic hydroxyl groups excluding tert-OH is 1. The second kappa shape index (κ2) is 5.08. The third kappa shape index (κ3) is 2.35. The van der Waals surface area contributed by atoms with E-state index in [1.54, 1.807) is 4.90 Å². The summed E-state index contributed by atoms with van der Waals surface area (Å²) in [6.07, 6.45) is 0. The van der Waals surface area contributed by atoms with E-state index in [1.807, 2.05) is 45.9 Å². The van der Waals surface area contributed by atoms with Crippen molar-refractivity contribution in [2.45, 2.75) is 45.4 Å². The minimum Gasteiger partial charge on any atom is -0.399 e. The summed E-state index contributed by atoms with van der Waals surface area (Å²) in [5.74, 6) is -0.0394. The van der Waals surface area contributed by atoms with Gasteiger partial charge in [-0.1, -0.05) is 12.1 Å². The number of benzene rings is 1. The number of aliphatic hydroxyl groups is 1. The molecule has 2 heterocycles. The van der Waals surface area contributed by atoms with Crippen LogP contribution in [0.4, 0.5) is 0 Å². The summed E-state index contributed by atoms with van der Waals surface area (Å²) >= 11 is 0. The quantitative estimate of drug-likeness (QED) is 0.844. The highest BCUT2D eigenvalue weighted by Crippen LogP contribution is 2.36. The van der Waals surface area contributed by atoms with Gasteiger partial charge in [0, 0.05) is 18.7 Å². The van der Waals surface area contributed by atoms with Gasteiger partial charge in [-0.15, -0.1) is 0 Å². The maximum absolute atomic E-state index is 12.3. The molecule has 0 spiro atoms. The van der Waals surface area contributed by atoms with Crippen molar-refractivity contribution < 1.29 is 19.2 Å². The maximum atomic E-state index is 12.3. The Balaban J connectivity index is 1.87. The van der Waals surface area contributed by atoms with Crippen LogP contribution in [0, 0.1) is 0 Å². The van der Waals surface area contributed by atoms with Gasteiger partial charge in [-0.2, -0.15) is 0 Å². The Morgan fingerprint density at radius 2 is 1.86 bits per heavy atom. The number of carbonyl (C=O) groups is 1. The van der Waals surface area contributed by atoms with Gasteiger partial charge in [0.1, 0.15) is 0 Å². The zero-order chi connectivity index (χ0) is 16.1. The second-order valence-electron chi connectivity index (χ2n) is 6.96. The molecule has 2 aliphatic heterocycles. The lowest BCUT2D eigenvalue weighted by atomic mass is 9.78. The number of rotatable bonds is 3. The lowest BCUT2D eigenvalue weighted by Crippen LogP contribution is -2.41. The Labute approximate surface area is 131 Å². The van der Waals surface area contributed by atoms with Crippen LogP contribution in [0.1, 0.15) is 43.6 Å². The van der Waals surface area contributed by atoms with E-state index in [2.05, 4.69) is 0 Å². The van der Waals surface area contributed by atoms with Crippen LogP contribution in [-0.4, -0.2) is 47.4 Å². The molecule has 1 N–H and O–H groups in total. The van der Waals surface area contributed by atoms with Gasteiger partial charge in [-0.25, -0.2) is 0 Å². The first-order valence-corrected chi connectivity index (χ1v) is 7.64. The molecule has 0 bridgehead atoms. The van der Waals surface area contributed by atoms with Crippen molar-refractivity contribution in [1.29, 1.82) is 0 Å². The number of carbonyl (C=O) groups excluding carboxylic acids is 1. The largest absolute Gasteiger partial charge is 0.494 e. The van der Waals surface area contributed by atoms with E-state index in [1.165, 1.54) is 0 Å². The molecule has 0 unspecified atom stereocenters. The zero-order valence-electron chi connectivity index (χ0n) is 13.5. The van der Waals surface area contributed by atoms with E-state index in [4.69, 9.17) is 14.4 Å². The summed E-state index contributed by atoms with van der Waals surface area (Å²) in [6, 6.07) is 5.76. The average molecular weight is 303 g/mol. The minimum absolute atomic E-state index is 0.0240. The molecule has 3 rings (SSSR count). The molecular formula is C16H22BNO4. The van der Waals surface area contributed by atoms with Gasteiger partial charge in [0.2, 0.25) is 0 Å². The van der Waals surface area contributed by atoms with Crippen LogP contribution in [-0.2, 0) is 15.9 Å². The van der Waals surface area contributed by atoms with E-state index in [0.717, 1.165) is 11.0 Å². The molecule has 0 saturated carbocycles. The van der Waals surface area contributed by atoms with E-state index in [0.29, 0.717) is 18.7 Å². The number of nitrogens with zero attached hydrogens (tertiary/aromatic N) is 1. The van der Waals surface area contributed by atoms with E-state index >= 15 is 0 Å². The Morgan fingerprint density at radius 3 is 2.45 bits per heavy atom. The molecule has 5 nitrogen and oxygen atoms in total. The summed E-state index contributed by atoms with van der Waals surface area (Å²) in [7, 11) is -0.463. The minimum atomic E-state index is -0.463. The number of β-amino-alcohol motifs (C(OH)–C–C–N with tert-alkyl or cyclic N) is 1. The summed E-state index contributed by atoms with van der Waals surface area (Å²) < 4.78 is 12.1. The van der Waals surface area contributed by atoms with Crippen LogP contribution in [0.25, 0.3) is 0 Å². The fourth-order valence-electron chi connectivity index (χ4n) is 2.81. The molecule has 2 aliphatic rings. The maximum Gasteiger partial charge on any atom is 0.494 e. The molecule has 1 amide bonds. The number of amides is 1. The molecule has 6 heteroatoms. The van der Waals surface area contributed by atoms with Gasteiger partial charge in [-0.3, -0.25) is 4.79 Å². The van der Waals surface area contributed by atoms with Gasteiger partial charge in [0.25, 0.3) is 5.91 Å². The predicted molar refractivity (Wildman–Crippen MR) is 84.0 cm³/mol. The fraction of sp³-hybridized carbons (Fsp3) is 0.562. The first-order valence-electron chi connectivity index (χ1n) is 7.64. The van der Waals surface area contributed by atoms with Crippen molar-refractivity contribution in [2.75, 3.05) is 13.2 Å². The summed E-state index contributed by atoms with van der Waals surface area (Å²) in [4.78, 5) is 14.0. The van der Waals surface area contributed by atoms with Gasteiger partial charge in [0.05, 0.1) is 17.8 Å². The zero-order valence-corrected chi connectivity index (χ0v) is 13.5. The molecular weight excluding hydrogens is 281 g/mol. The first kappa shape index (κ1) is 15.5. The second-order valence-corrected chi connectivity index (χ2v) is 6.96. The standard InChI is InChI=1S/C16H22BNO4/c1-15(2)16(3,4)22-17(21-15)12-6-5-11-10-18(7-8-19)14(20)13(11)9-12/h5-6,9,19H,7-8,10H2,1-4H3. The lowest BCUT2D eigenvalue weighted by Gasteiger charge is -2.32. The molecule has 22 heavy (non-hydrogen) atoms. The number of hydrogen-bond donors (Lipinski definition) is 1. The number of fused-ring (bicyclic) bond motifs is 1. The highest BCUT2D eigenvalue weighted by Gasteiger charge is 2.51. The van der Waals surface area contributed by atoms with Crippen molar-refractivity contribution in [3.8, 4) is 0 Å². The Morgan fingerprint density at radius 1 is 1.23 bits per heavy atom. The van der Waals surface area contributed by atoms with Gasteiger partial charge < -0.3 is 19.3 Å². The monoisotopic (exact) mass is 303 g/mol. The third-order valence-corrected chi connectivity index (χ3v) is 4.91. The van der Waals surface area contributed by atoms with Crippen molar-refractivity contribution >= 4 is 18.5 Å². The SMILES string of the molecule is CC1(C)OB(c2ccc3c(c2)C(=O)N(CCO)C3)OC1(C)C. The van der Waals surface area contributed by atoms with Crippen molar-refractivity contribution in [2.24, 2.45) is 0 Å². The third-order valence-electron chi connectivity index (χ3n) is 4.91. The van der Waals surface area contributed by atoms with Gasteiger partial charge >= 0.3 is 7.12 Å². The van der Waals surface area contributed by atoms with Crippen molar-refractivity contribution in [3.63, 3.8) is 0 Å². The van der Waals surface area contributed by atoms with E-state index in [9.17, 15) is 4.79 Å². The topological polar surface area (TPSA) is 59.0 Å². The smallest absolute Gasteiger partial charge is 0.399 e. The summed E-state index contributed by atoms with van der Waals surface area (Å²) in [5, 5.41) is 9.03. The first-order chi connectivity index (χ1) is 10.2.